The highest BCUT2D eigenvalue weighted by atomic mass is 32.2. The maximum absolute atomic E-state index is 4.68. The third-order valence-electron chi connectivity index (χ3n) is 3.12. The first-order valence-electron chi connectivity index (χ1n) is 6.78. The summed E-state index contributed by atoms with van der Waals surface area (Å²) in [7, 11) is 0. The second-order valence-electron chi connectivity index (χ2n) is 4.98. The molecule has 3 atom stereocenters. The second kappa shape index (κ2) is 7.27. The minimum Gasteiger partial charge on any atom is -0.361 e. The van der Waals surface area contributed by atoms with Gasteiger partial charge in [0.2, 0.25) is 0 Å². The first kappa shape index (κ1) is 14.8. The fourth-order valence-electron chi connectivity index (χ4n) is 2.20. The van der Waals surface area contributed by atoms with Crippen LogP contribution >= 0.6 is 11.8 Å². The Balaban J connectivity index is 2.42. The Labute approximate surface area is 110 Å². The van der Waals surface area contributed by atoms with E-state index in [0.29, 0.717) is 17.3 Å². The van der Waals surface area contributed by atoms with Crippen LogP contribution in [-0.2, 0) is 0 Å². The predicted molar refractivity (Wildman–Crippen MR) is 79.0 cm³/mol. The van der Waals surface area contributed by atoms with Crippen LogP contribution in [0.2, 0.25) is 0 Å². The van der Waals surface area contributed by atoms with Crippen LogP contribution in [0.4, 0.5) is 0 Å². The van der Waals surface area contributed by atoms with E-state index < -0.39 is 0 Å². The minimum absolute atomic E-state index is 0.467. The molecule has 1 aliphatic heterocycles. The Kier molecular flexibility index (Phi) is 6.34. The van der Waals surface area contributed by atoms with E-state index in [1.807, 2.05) is 11.8 Å². The third-order valence-corrected chi connectivity index (χ3v) is 4.16. The highest BCUT2D eigenvalue weighted by Crippen LogP contribution is 2.24. The van der Waals surface area contributed by atoms with Crippen LogP contribution in [0.3, 0.4) is 0 Å². The number of nitrogens with zero attached hydrogens (tertiary/aromatic N) is 2. The quantitative estimate of drug-likeness (QED) is 0.820. The van der Waals surface area contributed by atoms with Crippen molar-refractivity contribution < 1.29 is 0 Å². The lowest BCUT2D eigenvalue weighted by Crippen LogP contribution is -2.42. The molecule has 3 nitrogen and oxygen atoms in total. The lowest BCUT2D eigenvalue weighted by molar-refractivity contribution is 0.282. The molecule has 100 valence electrons. The molecule has 1 rings (SSSR count). The summed E-state index contributed by atoms with van der Waals surface area (Å²) in [4.78, 5) is 7.12. The van der Waals surface area contributed by atoms with Crippen molar-refractivity contribution in [3.63, 3.8) is 0 Å². The average Bonchev–Trinajstić information content (AvgIpc) is 2.24. The van der Waals surface area contributed by atoms with Crippen LogP contribution < -0.4 is 5.32 Å². The number of likely N-dealkylation sites (N-methyl/N-ethyl adjacent to an activating group) is 1. The number of nitrogens with one attached hydrogen (secondary N) is 1. The number of hydrogen-bond acceptors (Lipinski definition) is 4. The van der Waals surface area contributed by atoms with Gasteiger partial charge in [-0.25, -0.2) is 0 Å². The molecule has 0 aromatic carbocycles. The molecule has 0 saturated carbocycles. The lowest BCUT2D eigenvalue weighted by atomic mass is 10.2. The van der Waals surface area contributed by atoms with Gasteiger partial charge in [0.25, 0.3) is 0 Å². The Morgan fingerprint density at radius 3 is 2.59 bits per heavy atom. The SMILES string of the molecule is CCN(CC)CC(C)NC1=NC(C)CC(C)S1. The van der Waals surface area contributed by atoms with Gasteiger partial charge in [0.15, 0.2) is 5.17 Å². The molecule has 1 aliphatic rings. The molecule has 0 radical (unpaired) electrons. The number of rotatable bonds is 5. The Hall–Kier alpha value is -0.220. The summed E-state index contributed by atoms with van der Waals surface area (Å²) in [6, 6.07) is 0.938. The first-order valence-corrected chi connectivity index (χ1v) is 7.66. The fraction of sp³-hybridized carbons (Fsp3) is 0.923. The first-order chi connectivity index (χ1) is 8.05. The van der Waals surface area contributed by atoms with Gasteiger partial charge in [-0.05, 0) is 33.4 Å². The average molecular weight is 257 g/mol. The number of thioether (sulfide) groups is 1. The zero-order chi connectivity index (χ0) is 12.8. The van der Waals surface area contributed by atoms with Gasteiger partial charge in [-0.15, -0.1) is 0 Å². The Morgan fingerprint density at radius 1 is 1.41 bits per heavy atom. The molecule has 0 saturated heterocycles. The molecule has 0 aromatic heterocycles. The number of hydrogen-bond donors (Lipinski definition) is 1. The van der Waals surface area contributed by atoms with Crippen molar-refractivity contribution in [1.29, 1.82) is 0 Å². The summed E-state index contributed by atoms with van der Waals surface area (Å²) in [6.07, 6.45) is 1.19. The Bertz CT molecular complexity index is 251. The van der Waals surface area contributed by atoms with Gasteiger partial charge < -0.3 is 10.2 Å². The van der Waals surface area contributed by atoms with Crippen molar-refractivity contribution in [2.45, 2.75) is 58.4 Å². The molecule has 4 heteroatoms. The molecule has 0 amide bonds. The second-order valence-corrected chi connectivity index (χ2v) is 6.41. The zero-order valence-corrected chi connectivity index (χ0v) is 12.7. The summed E-state index contributed by atoms with van der Waals surface area (Å²) in [5.74, 6) is 0. The summed E-state index contributed by atoms with van der Waals surface area (Å²) in [5, 5.41) is 5.37. The van der Waals surface area contributed by atoms with E-state index in [0.717, 1.165) is 24.8 Å². The summed E-state index contributed by atoms with van der Waals surface area (Å²) >= 11 is 1.88. The fourth-order valence-corrected chi connectivity index (χ4v) is 3.47. The largest absolute Gasteiger partial charge is 0.361 e. The molecule has 17 heavy (non-hydrogen) atoms. The van der Waals surface area contributed by atoms with Crippen LogP contribution in [-0.4, -0.2) is 47.0 Å². The molecule has 0 aliphatic carbocycles. The normalized spacial score (nSPS) is 26.8. The van der Waals surface area contributed by atoms with E-state index in [1.54, 1.807) is 0 Å². The van der Waals surface area contributed by atoms with Gasteiger partial charge in [-0.1, -0.05) is 32.5 Å². The van der Waals surface area contributed by atoms with Crippen molar-refractivity contribution in [1.82, 2.24) is 10.2 Å². The summed E-state index contributed by atoms with van der Waals surface area (Å²) in [6.45, 7) is 14.5. The van der Waals surface area contributed by atoms with Gasteiger partial charge in [-0.2, -0.15) is 0 Å². The van der Waals surface area contributed by atoms with Gasteiger partial charge >= 0.3 is 0 Å². The standard InChI is InChI=1S/C13H27N3S/c1-6-16(7-2)9-11(4)15-13-14-10(3)8-12(5)17-13/h10-12H,6-9H2,1-5H3,(H,14,15). The summed E-state index contributed by atoms with van der Waals surface area (Å²) in [5.41, 5.74) is 0. The van der Waals surface area contributed by atoms with E-state index in [4.69, 9.17) is 0 Å². The number of aliphatic imine (C=N–C) groups is 1. The minimum atomic E-state index is 0.467. The van der Waals surface area contributed by atoms with Crippen LogP contribution in [0.15, 0.2) is 4.99 Å². The zero-order valence-electron chi connectivity index (χ0n) is 11.9. The molecule has 0 bridgehead atoms. The van der Waals surface area contributed by atoms with Crippen LogP contribution in [0.1, 0.15) is 41.0 Å². The molecule has 3 unspecified atom stereocenters. The van der Waals surface area contributed by atoms with Crippen LogP contribution in [0.5, 0.6) is 0 Å². The van der Waals surface area contributed by atoms with Gasteiger partial charge in [0.05, 0.1) is 6.04 Å². The van der Waals surface area contributed by atoms with Crippen molar-refractivity contribution in [3.8, 4) is 0 Å². The van der Waals surface area contributed by atoms with E-state index >= 15 is 0 Å². The van der Waals surface area contributed by atoms with Gasteiger partial charge in [-0.3, -0.25) is 4.99 Å². The van der Waals surface area contributed by atoms with E-state index in [1.165, 1.54) is 6.42 Å². The van der Waals surface area contributed by atoms with E-state index in [-0.39, 0.29) is 0 Å². The van der Waals surface area contributed by atoms with Crippen molar-refractivity contribution >= 4 is 16.9 Å². The Morgan fingerprint density at radius 2 is 2.06 bits per heavy atom. The molecule has 1 N–H and O–H groups in total. The highest BCUT2D eigenvalue weighted by Gasteiger charge is 2.19. The molecule has 0 aromatic rings. The monoisotopic (exact) mass is 257 g/mol. The molecule has 0 spiro atoms. The van der Waals surface area contributed by atoms with Gasteiger partial charge in [0.1, 0.15) is 0 Å². The van der Waals surface area contributed by atoms with Crippen LogP contribution in [0.25, 0.3) is 0 Å². The molecular weight excluding hydrogens is 230 g/mol. The van der Waals surface area contributed by atoms with Crippen molar-refractivity contribution in [2.75, 3.05) is 19.6 Å². The maximum atomic E-state index is 4.68. The van der Waals surface area contributed by atoms with Crippen molar-refractivity contribution in [3.05, 3.63) is 0 Å². The maximum Gasteiger partial charge on any atom is 0.157 e. The predicted octanol–water partition coefficient (Wildman–Crippen LogP) is 2.58. The lowest BCUT2D eigenvalue weighted by Gasteiger charge is -2.28. The third kappa shape index (κ3) is 5.30. The molecule has 1 heterocycles. The molecule has 0 fully saturated rings. The number of amidine groups is 1. The van der Waals surface area contributed by atoms with E-state index in [2.05, 4.69) is 49.8 Å². The smallest absolute Gasteiger partial charge is 0.157 e. The topological polar surface area (TPSA) is 27.6 Å². The van der Waals surface area contributed by atoms with Gasteiger partial charge in [0, 0.05) is 17.8 Å². The van der Waals surface area contributed by atoms with Crippen molar-refractivity contribution in [2.24, 2.45) is 4.99 Å². The highest BCUT2D eigenvalue weighted by molar-refractivity contribution is 8.14. The van der Waals surface area contributed by atoms with Crippen LogP contribution in [0, 0.1) is 0 Å². The van der Waals surface area contributed by atoms with E-state index in [9.17, 15) is 0 Å². The molecular formula is C13H27N3S. The summed E-state index contributed by atoms with van der Waals surface area (Å²) < 4.78 is 0.